The monoisotopic (exact) mass is 475 g/mol. The molecule has 7 nitrogen and oxygen atoms in total. The first kappa shape index (κ1) is 21.9. The van der Waals surface area contributed by atoms with Gasteiger partial charge in [-0.05, 0) is 67.4 Å². The molecular formula is C29H25N5O2. The zero-order valence-electron chi connectivity index (χ0n) is 19.7. The Kier molecular flexibility index (Phi) is 5.58. The molecule has 6 rings (SSSR count). The summed E-state index contributed by atoms with van der Waals surface area (Å²) < 4.78 is 7.73. The van der Waals surface area contributed by atoms with Crippen LogP contribution in [0.5, 0.6) is 11.5 Å². The summed E-state index contributed by atoms with van der Waals surface area (Å²) in [5.74, 6) is 2.01. The van der Waals surface area contributed by atoms with Crippen LogP contribution in [-0.4, -0.2) is 38.7 Å². The van der Waals surface area contributed by atoms with Gasteiger partial charge < -0.3 is 15.4 Å². The molecule has 0 spiro atoms. The third kappa shape index (κ3) is 4.05. The quantitative estimate of drug-likeness (QED) is 0.352. The summed E-state index contributed by atoms with van der Waals surface area (Å²) in [6.45, 7) is 1.66. The number of carbonyl (C=O) groups is 1. The number of nitrogens with two attached hydrogens (primary N) is 1. The van der Waals surface area contributed by atoms with Gasteiger partial charge >= 0.3 is 0 Å². The minimum Gasteiger partial charge on any atom is -0.457 e. The van der Waals surface area contributed by atoms with Crippen LogP contribution in [0.4, 0.5) is 5.82 Å². The van der Waals surface area contributed by atoms with E-state index in [9.17, 15) is 4.79 Å². The van der Waals surface area contributed by atoms with E-state index in [0.717, 1.165) is 65.3 Å². The highest BCUT2D eigenvalue weighted by Crippen LogP contribution is 2.32. The van der Waals surface area contributed by atoms with Crippen molar-refractivity contribution in [2.75, 3.05) is 18.8 Å². The molecule has 1 saturated heterocycles. The maximum absolute atomic E-state index is 12.8. The predicted molar refractivity (Wildman–Crippen MR) is 140 cm³/mol. The summed E-state index contributed by atoms with van der Waals surface area (Å²) in [6, 6.07) is 26.8. The highest BCUT2D eigenvalue weighted by molar-refractivity contribution is 5.99. The summed E-state index contributed by atoms with van der Waals surface area (Å²) >= 11 is 0. The Morgan fingerprint density at radius 3 is 2.25 bits per heavy atom. The van der Waals surface area contributed by atoms with Crippen LogP contribution in [-0.2, 0) is 0 Å². The van der Waals surface area contributed by atoms with Gasteiger partial charge in [0.1, 0.15) is 17.0 Å². The summed E-state index contributed by atoms with van der Waals surface area (Å²) in [7, 11) is 0. The van der Waals surface area contributed by atoms with Crippen molar-refractivity contribution in [3.05, 3.63) is 96.7 Å². The van der Waals surface area contributed by atoms with E-state index in [1.165, 1.54) is 0 Å². The molecule has 0 unspecified atom stereocenters. The third-order valence-corrected chi connectivity index (χ3v) is 6.48. The van der Waals surface area contributed by atoms with Crippen LogP contribution in [0.25, 0.3) is 27.8 Å². The molecule has 5 aromatic rings. The number of aromatic nitrogens is 3. The molecule has 1 amide bonds. The third-order valence-electron chi connectivity index (χ3n) is 6.48. The number of benzene rings is 3. The average molecular weight is 476 g/mol. The number of rotatable bonds is 5. The molecule has 2 N–H and O–H groups in total. The fraction of sp³-hybridized carbons (Fsp3) is 0.138. The lowest BCUT2D eigenvalue weighted by molar-refractivity contribution is 0.0793. The van der Waals surface area contributed by atoms with Crippen molar-refractivity contribution in [2.24, 2.45) is 0 Å². The Hall–Kier alpha value is -4.65. The van der Waals surface area contributed by atoms with Crippen molar-refractivity contribution in [1.29, 1.82) is 0 Å². The largest absolute Gasteiger partial charge is 0.457 e. The normalized spacial score (nSPS) is 13.3. The van der Waals surface area contributed by atoms with Gasteiger partial charge in [-0.15, -0.1) is 5.10 Å². The van der Waals surface area contributed by atoms with Crippen LogP contribution in [0.3, 0.4) is 0 Å². The summed E-state index contributed by atoms with van der Waals surface area (Å²) in [4.78, 5) is 19.3. The molecule has 1 aliphatic heterocycles. The topological polar surface area (TPSA) is 86.3 Å². The van der Waals surface area contributed by atoms with Gasteiger partial charge in [-0.2, -0.15) is 0 Å². The number of nitrogen functional groups attached to an aromatic ring is 1. The van der Waals surface area contributed by atoms with Crippen molar-refractivity contribution in [3.63, 3.8) is 0 Å². The maximum Gasteiger partial charge on any atom is 0.253 e. The maximum atomic E-state index is 12.8. The van der Waals surface area contributed by atoms with E-state index >= 15 is 0 Å². The van der Waals surface area contributed by atoms with Gasteiger partial charge in [0.05, 0.1) is 11.4 Å². The van der Waals surface area contributed by atoms with Crippen LogP contribution in [0, 0.1) is 0 Å². The van der Waals surface area contributed by atoms with Gasteiger partial charge in [0.25, 0.3) is 5.91 Å². The van der Waals surface area contributed by atoms with Gasteiger partial charge in [-0.3, -0.25) is 9.78 Å². The van der Waals surface area contributed by atoms with E-state index in [-0.39, 0.29) is 5.91 Å². The van der Waals surface area contributed by atoms with Crippen molar-refractivity contribution < 1.29 is 9.53 Å². The SMILES string of the molecule is Nc1nn(-c2ccc(Oc3ccccc3)cc2)c2c(-c3ccc(C(=O)N4CCCC4)cc3)nccc12. The smallest absolute Gasteiger partial charge is 0.253 e. The lowest BCUT2D eigenvalue weighted by Gasteiger charge is -2.15. The zero-order valence-corrected chi connectivity index (χ0v) is 19.7. The van der Waals surface area contributed by atoms with Crippen LogP contribution in [0.2, 0.25) is 0 Å². The first-order chi connectivity index (χ1) is 17.7. The number of carbonyl (C=O) groups excluding carboxylic acids is 1. The molecule has 36 heavy (non-hydrogen) atoms. The predicted octanol–water partition coefficient (Wildman–Crippen LogP) is 5.70. The number of likely N-dealkylation sites (tertiary alicyclic amines) is 1. The molecule has 3 aromatic carbocycles. The number of nitrogens with zero attached hydrogens (tertiary/aromatic N) is 4. The highest BCUT2D eigenvalue weighted by atomic mass is 16.5. The number of pyridine rings is 1. The van der Waals surface area contributed by atoms with Gasteiger partial charge in [0, 0.05) is 35.8 Å². The molecule has 3 heterocycles. The number of fused-ring (bicyclic) bond motifs is 1. The fourth-order valence-corrected chi connectivity index (χ4v) is 4.64. The molecule has 0 radical (unpaired) electrons. The van der Waals surface area contributed by atoms with Gasteiger partial charge in [0.15, 0.2) is 5.82 Å². The van der Waals surface area contributed by atoms with Crippen LogP contribution in [0.1, 0.15) is 23.2 Å². The lowest BCUT2D eigenvalue weighted by Crippen LogP contribution is -2.27. The molecular weight excluding hydrogens is 450 g/mol. The first-order valence-corrected chi connectivity index (χ1v) is 12.0. The number of amides is 1. The van der Waals surface area contributed by atoms with Crippen molar-refractivity contribution in [1.82, 2.24) is 19.7 Å². The number of para-hydroxylation sites is 1. The minimum absolute atomic E-state index is 0.0808. The Morgan fingerprint density at radius 2 is 1.53 bits per heavy atom. The van der Waals surface area contributed by atoms with E-state index in [4.69, 9.17) is 10.5 Å². The summed E-state index contributed by atoms with van der Waals surface area (Å²) in [6.07, 6.45) is 3.88. The Balaban J connectivity index is 1.35. The standard InChI is InChI=1S/C29H25N5O2/c30-28-25-16-17-31-26(20-8-10-21(11-9-20)29(35)33-18-4-5-19-33)27(25)34(32-28)22-12-14-24(15-13-22)36-23-6-2-1-3-7-23/h1-3,6-17H,4-5,18-19H2,(H2,30,32). The van der Waals surface area contributed by atoms with E-state index in [1.54, 1.807) is 6.20 Å². The number of anilines is 1. The van der Waals surface area contributed by atoms with Crippen LogP contribution >= 0.6 is 0 Å². The Bertz CT molecular complexity index is 1520. The zero-order chi connectivity index (χ0) is 24.5. The highest BCUT2D eigenvalue weighted by Gasteiger charge is 2.20. The summed E-state index contributed by atoms with van der Waals surface area (Å²) in [5.41, 5.74) is 10.3. The number of hydrogen-bond donors (Lipinski definition) is 1. The van der Waals surface area contributed by atoms with Crippen molar-refractivity contribution in [3.8, 4) is 28.4 Å². The molecule has 0 saturated carbocycles. The Labute approximate surface area is 208 Å². The second-order valence-electron chi connectivity index (χ2n) is 8.84. The van der Waals surface area contributed by atoms with Gasteiger partial charge in [-0.1, -0.05) is 30.3 Å². The van der Waals surface area contributed by atoms with E-state index < -0.39 is 0 Å². The average Bonchev–Trinajstić information content (AvgIpc) is 3.58. The molecule has 178 valence electrons. The molecule has 1 aliphatic rings. The van der Waals surface area contributed by atoms with E-state index in [0.29, 0.717) is 11.4 Å². The number of ether oxygens (including phenoxy) is 1. The van der Waals surface area contributed by atoms with Crippen LogP contribution in [0.15, 0.2) is 91.1 Å². The molecule has 7 heteroatoms. The van der Waals surface area contributed by atoms with Crippen molar-refractivity contribution >= 4 is 22.6 Å². The van der Waals surface area contributed by atoms with Crippen LogP contribution < -0.4 is 10.5 Å². The first-order valence-electron chi connectivity index (χ1n) is 12.0. The number of hydrogen-bond acceptors (Lipinski definition) is 5. The van der Waals surface area contributed by atoms with Gasteiger partial charge in [-0.25, -0.2) is 4.68 Å². The molecule has 1 fully saturated rings. The van der Waals surface area contributed by atoms with Gasteiger partial charge in [0.2, 0.25) is 0 Å². The van der Waals surface area contributed by atoms with E-state index in [1.807, 2.05) is 94.5 Å². The molecule has 0 atom stereocenters. The molecule has 2 aromatic heterocycles. The molecule has 0 bridgehead atoms. The lowest BCUT2D eigenvalue weighted by atomic mass is 10.1. The minimum atomic E-state index is 0.0808. The Morgan fingerprint density at radius 1 is 0.833 bits per heavy atom. The van der Waals surface area contributed by atoms with E-state index in [2.05, 4.69) is 10.1 Å². The second-order valence-corrected chi connectivity index (χ2v) is 8.84. The second kappa shape index (κ2) is 9.19. The fourth-order valence-electron chi connectivity index (χ4n) is 4.64. The molecule has 0 aliphatic carbocycles. The summed E-state index contributed by atoms with van der Waals surface area (Å²) in [5, 5.41) is 5.43. The van der Waals surface area contributed by atoms with Crippen molar-refractivity contribution in [2.45, 2.75) is 12.8 Å².